The second-order valence-corrected chi connectivity index (χ2v) is 8.15. The molecule has 1 atom stereocenters. The van der Waals surface area contributed by atoms with Gasteiger partial charge in [-0.05, 0) is 36.4 Å². The van der Waals surface area contributed by atoms with Crippen LogP contribution in [-0.2, 0) is 0 Å². The fourth-order valence-corrected chi connectivity index (χ4v) is 3.84. The number of nitrogens with one attached hydrogen (secondary N) is 2. The Morgan fingerprint density at radius 3 is 2.21 bits per heavy atom. The van der Waals surface area contributed by atoms with Crippen LogP contribution in [0.4, 0.5) is 0 Å². The molecule has 1 heterocycles. The van der Waals surface area contributed by atoms with Crippen LogP contribution in [0.25, 0.3) is 16.9 Å². The maximum Gasteiger partial charge on any atom is 0.255 e. The summed E-state index contributed by atoms with van der Waals surface area (Å²) in [6.45, 7) is 0.498. The van der Waals surface area contributed by atoms with E-state index in [1.807, 2.05) is 84.9 Å². The number of quaternary nitrogens is 1. The van der Waals surface area contributed by atoms with E-state index >= 15 is 0 Å². The van der Waals surface area contributed by atoms with E-state index in [9.17, 15) is 4.79 Å². The van der Waals surface area contributed by atoms with Gasteiger partial charge in [0, 0.05) is 17.3 Å². The quantitative estimate of drug-likeness (QED) is 0.442. The Balaban J connectivity index is 1.60. The Bertz CT molecular complexity index is 1190. The van der Waals surface area contributed by atoms with E-state index in [1.54, 1.807) is 18.0 Å². The zero-order valence-corrected chi connectivity index (χ0v) is 19.2. The Kier molecular flexibility index (Phi) is 6.86. The van der Waals surface area contributed by atoms with Crippen LogP contribution in [0.15, 0.2) is 91.1 Å². The van der Waals surface area contributed by atoms with E-state index in [0.717, 1.165) is 22.6 Å². The van der Waals surface area contributed by atoms with Crippen molar-refractivity contribution in [2.24, 2.45) is 0 Å². The monoisotopic (exact) mass is 441 g/mol. The molecule has 1 amide bonds. The van der Waals surface area contributed by atoms with Gasteiger partial charge in [0.2, 0.25) is 0 Å². The fraction of sp³-hybridized carbons (Fsp3) is 0.185. The lowest BCUT2D eigenvalue weighted by Gasteiger charge is -2.22. The molecule has 168 valence electrons. The van der Waals surface area contributed by atoms with Crippen molar-refractivity contribution in [2.45, 2.75) is 6.04 Å². The molecule has 3 aromatic carbocycles. The minimum absolute atomic E-state index is 0.101. The average Bonchev–Trinajstić information content (AvgIpc) is 3.31. The van der Waals surface area contributed by atoms with Crippen LogP contribution >= 0.6 is 0 Å². The Morgan fingerprint density at radius 1 is 0.970 bits per heavy atom. The number of carbonyl (C=O) groups excluding carboxylic acids is 1. The predicted octanol–water partition coefficient (Wildman–Crippen LogP) is 3.16. The average molecular weight is 442 g/mol. The van der Waals surface area contributed by atoms with Crippen molar-refractivity contribution in [3.8, 4) is 22.7 Å². The van der Waals surface area contributed by atoms with Gasteiger partial charge in [-0.2, -0.15) is 5.10 Å². The molecule has 1 aromatic heterocycles. The molecule has 4 aromatic rings. The molecule has 0 aliphatic heterocycles. The molecule has 0 spiro atoms. The van der Waals surface area contributed by atoms with Crippen molar-refractivity contribution in [3.05, 3.63) is 102 Å². The summed E-state index contributed by atoms with van der Waals surface area (Å²) >= 11 is 0. The third-order valence-electron chi connectivity index (χ3n) is 5.71. The number of ether oxygens (including phenoxy) is 1. The maximum absolute atomic E-state index is 13.3. The van der Waals surface area contributed by atoms with E-state index in [4.69, 9.17) is 9.84 Å². The van der Waals surface area contributed by atoms with Crippen molar-refractivity contribution in [3.63, 3.8) is 0 Å². The first-order chi connectivity index (χ1) is 16.1. The highest BCUT2D eigenvalue weighted by Crippen LogP contribution is 2.24. The van der Waals surface area contributed by atoms with Crippen molar-refractivity contribution < 1.29 is 14.4 Å². The number of hydrogen-bond donors (Lipinski definition) is 2. The molecule has 0 aliphatic rings. The second-order valence-electron chi connectivity index (χ2n) is 8.15. The Labute approximate surface area is 194 Å². The highest BCUT2D eigenvalue weighted by Gasteiger charge is 2.22. The van der Waals surface area contributed by atoms with Gasteiger partial charge >= 0.3 is 0 Å². The number of methoxy groups -OCH3 is 1. The smallest absolute Gasteiger partial charge is 0.255 e. The lowest BCUT2D eigenvalue weighted by molar-refractivity contribution is -0.890. The molecule has 4 rings (SSSR count). The zero-order chi connectivity index (χ0) is 23.2. The number of para-hydroxylation sites is 1. The molecule has 0 bridgehead atoms. The lowest BCUT2D eigenvalue weighted by Crippen LogP contribution is -3.07. The van der Waals surface area contributed by atoms with E-state index in [2.05, 4.69) is 19.4 Å². The largest absolute Gasteiger partial charge is 0.497 e. The van der Waals surface area contributed by atoms with Crippen LogP contribution in [0.1, 0.15) is 22.0 Å². The summed E-state index contributed by atoms with van der Waals surface area (Å²) in [5.41, 5.74) is 4.16. The highest BCUT2D eigenvalue weighted by atomic mass is 16.5. The second kappa shape index (κ2) is 10.1. The fourth-order valence-electron chi connectivity index (χ4n) is 3.84. The molecule has 2 N–H and O–H groups in total. The van der Waals surface area contributed by atoms with Gasteiger partial charge in [-0.15, -0.1) is 0 Å². The number of likely N-dealkylation sites (N-methyl/N-ethyl adjacent to an activating group) is 1. The SMILES string of the molecule is COc1ccc([C@@H](CNC(=O)c2cn(-c3ccccc3)nc2-c2ccccc2)[NH+](C)C)cc1. The summed E-state index contributed by atoms with van der Waals surface area (Å²) in [6.07, 6.45) is 1.80. The van der Waals surface area contributed by atoms with Crippen LogP contribution in [0.2, 0.25) is 0 Å². The van der Waals surface area contributed by atoms with E-state index in [1.165, 1.54) is 4.90 Å². The topological polar surface area (TPSA) is 60.6 Å². The number of nitrogens with zero attached hydrogens (tertiary/aromatic N) is 2. The van der Waals surface area contributed by atoms with Gasteiger partial charge in [-0.3, -0.25) is 4.79 Å². The van der Waals surface area contributed by atoms with Gasteiger partial charge in [-0.25, -0.2) is 4.68 Å². The molecule has 33 heavy (non-hydrogen) atoms. The predicted molar refractivity (Wildman–Crippen MR) is 130 cm³/mol. The number of amides is 1. The molecule has 0 saturated heterocycles. The third-order valence-corrected chi connectivity index (χ3v) is 5.71. The van der Waals surface area contributed by atoms with Gasteiger partial charge in [0.1, 0.15) is 17.5 Å². The Hall–Kier alpha value is -3.90. The van der Waals surface area contributed by atoms with Crippen LogP contribution in [0.5, 0.6) is 5.75 Å². The van der Waals surface area contributed by atoms with E-state index < -0.39 is 0 Å². The molecular weight excluding hydrogens is 412 g/mol. The highest BCUT2D eigenvalue weighted by molar-refractivity contribution is 5.99. The summed E-state index contributed by atoms with van der Waals surface area (Å²) in [6, 6.07) is 27.7. The van der Waals surface area contributed by atoms with Crippen molar-refractivity contribution in [1.82, 2.24) is 15.1 Å². The van der Waals surface area contributed by atoms with Crippen molar-refractivity contribution in [1.29, 1.82) is 0 Å². The summed E-state index contributed by atoms with van der Waals surface area (Å²) in [4.78, 5) is 14.6. The standard InChI is InChI=1S/C27H28N4O2/c1-30(2)25(20-14-16-23(33-3)17-15-20)18-28-27(32)24-19-31(22-12-8-5-9-13-22)29-26(24)21-10-6-4-7-11-21/h4-17,19,25H,18H2,1-3H3,(H,28,32)/p+1/t25-/m1/s1. The number of rotatable bonds is 8. The summed E-state index contributed by atoms with van der Waals surface area (Å²) in [7, 11) is 5.83. The van der Waals surface area contributed by atoms with Crippen LogP contribution in [-0.4, -0.2) is 43.4 Å². The molecule has 0 radical (unpaired) electrons. The Morgan fingerprint density at radius 2 is 1.61 bits per heavy atom. The number of carbonyl (C=O) groups is 1. The van der Waals surface area contributed by atoms with E-state index in [-0.39, 0.29) is 11.9 Å². The normalized spacial score (nSPS) is 11.9. The van der Waals surface area contributed by atoms with Gasteiger partial charge in [0.15, 0.2) is 0 Å². The van der Waals surface area contributed by atoms with Gasteiger partial charge in [0.05, 0.1) is 39.0 Å². The van der Waals surface area contributed by atoms with Crippen LogP contribution in [0, 0.1) is 0 Å². The molecule has 0 fully saturated rings. The minimum atomic E-state index is -0.143. The first-order valence-corrected chi connectivity index (χ1v) is 11.0. The van der Waals surface area contributed by atoms with Gasteiger partial charge in [0.25, 0.3) is 5.91 Å². The molecule has 0 aliphatic carbocycles. The summed E-state index contributed by atoms with van der Waals surface area (Å²) < 4.78 is 7.03. The molecular formula is C27H29N4O2+. The summed E-state index contributed by atoms with van der Waals surface area (Å²) in [5.74, 6) is 0.673. The first kappa shape index (κ1) is 22.3. The lowest BCUT2D eigenvalue weighted by atomic mass is 10.0. The number of benzene rings is 3. The third kappa shape index (κ3) is 5.13. The summed E-state index contributed by atoms with van der Waals surface area (Å²) in [5, 5.41) is 7.89. The molecule has 0 saturated carbocycles. The van der Waals surface area contributed by atoms with Gasteiger partial charge in [-0.1, -0.05) is 48.5 Å². The van der Waals surface area contributed by atoms with Crippen LogP contribution < -0.4 is 15.0 Å². The van der Waals surface area contributed by atoms with E-state index in [0.29, 0.717) is 17.8 Å². The molecule has 6 heteroatoms. The number of aromatic nitrogens is 2. The van der Waals surface area contributed by atoms with Crippen molar-refractivity contribution in [2.75, 3.05) is 27.7 Å². The molecule has 0 unspecified atom stereocenters. The van der Waals surface area contributed by atoms with Crippen LogP contribution in [0.3, 0.4) is 0 Å². The zero-order valence-electron chi connectivity index (χ0n) is 19.2. The van der Waals surface area contributed by atoms with Gasteiger partial charge < -0.3 is 15.0 Å². The van der Waals surface area contributed by atoms with Crippen molar-refractivity contribution >= 4 is 5.91 Å². The number of hydrogen-bond acceptors (Lipinski definition) is 3. The first-order valence-electron chi connectivity index (χ1n) is 11.0. The maximum atomic E-state index is 13.3. The molecule has 6 nitrogen and oxygen atoms in total. The minimum Gasteiger partial charge on any atom is -0.497 e.